The van der Waals surface area contributed by atoms with E-state index in [2.05, 4.69) is 10.6 Å². The number of alkyl carbamates (subject to hydrolysis) is 1. The molecule has 0 aromatic rings. The maximum absolute atomic E-state index is 11.2. The van der Waals surface area contributed by atoms with E-state index in [9.17, 15) is 9.59 Å². The number of aliphatic hydroxyl groups is 1. The van der Waals surface area contributed by atoms with E-state index in [0.29, 0.717) is 0 Å². The van der Waals surface area contributed by atoms with Gasteiger partial charge >= 0.3 is 12.1 Å². The summed E-state index contributed by atoms with van der Waals surface area (Å²) in [7, 11) is 0. The number of carbonyl (C=O) groups is 2. The van der Waals surface area contributed by atoms with Crippen LogP contribution in [-0.4, -0.2) is 52.6 Å². The lowest BCUT2D eigenvalue weighted by atomic mass is 9.91. The molecule has 1 unspecified atom stereocenters. The first-order chi connectivity index (χ1) is 13.2. The number of ether oxygens (including phenoxy) is 1. The maximum Gasteiger partial charge on any atom is 0.408 e. The number of carbonyl (C=O) groups excluding carboxylic acids is 1. The van der Waals surface area contributed by atoms with Gasteiger partial charge in [0, 0.05) is 25.1 Å². The average Bonchev–Trinajstić information content (AvgIpc) is 2.62. The molecule has 4 N–H and O–H groups in total. The van der Waals surface area contributed by atoms with Crippen molar-refractivity contribution in [3.8, 4) is 0 Å². The van der Waals surface area contributed by atoms with Crippen LogP contribution < -0.4 is 10.6 Å². The van der Waals surface area contributed by atoms with Gasteiger partial charge in [-0.2, -0.15) is 0 Å². The van der Waals surface area contributed by atoms with E-state index in [0.717, 1.165) is 12.1 Å². The summed E-state index contributed by atoms with van der Waals surface area (Å²) in [5.74, 6) is -1.20. The molecule has 7 nitrogen and oxygen atoms in total. The zero-order valence-corrected chi connectivity index (χ0v) is 17.8. The smallest absolute Gasteiger partial charge is 0.408 e. The molecule has 1 amide bonds. The van der Waals surface area contributed by atoms with Crippen LogP contribution in [0.25, 0.3) is 0 Å². The molecular formula is C21H40N2O5. The third kappa shape index (κ3) is 11.5. The van der Waals surface area contributed by atoms with E-state index in [1.54, 1.807) is 20.8 Å². The standard InChI is InChI=1S/C12H23N.C9H17NO5/c1-3-7-11(8-4-1)13-12-9-5-2-6-10-12;1-9(2,3)15-8(14)10-6(4-5-11)7(12)13/h11-13H,1-10H2;6,11H,4-5H2,1-3H3,(H,10,14)(H,12,13). The normalized spacial score (nSPS) is 19.9. The maximum atomic E-state index is 11.2. The molecule has 0 aliphatic heterocycles. The minimum atomic E-state index is -1.20. The van der Waals surface area contributed by atoms with Gasteiger partial charge in [-0.05, 0) is 46.5 Å². The topological polar surface area (TPSA) is 108 Å². The van der Waals surface area contributed by atoms with E-state index < -0.39 is 23.7 Å². The number of aliphatic carboxylic acids is 1. The van der Waals surface area contributed by atoms with Crippen LogP contribution in [0.2, 0.25) is 0 Å². The van der Waals surface area contributed by atoms with Crippen molar-refractivity contribution in [1.29, 1.82) is 0 Å². The summed E-state index contributed by atoms with van der Waals surface area (Å²) in [6.07, 6.45) is 13.7. The lowest BCUT2D eigenvalue weighted by Crippen LogP contribution is -2.43. The Morgan fingerprint density at radius 1 is 0.964 bits per heavy atom. The van der Waals surface area contributed by atoms with Crippen LogP contribution in [0.1, 0.15) is 91.4 Å². The minimum Gasteiger partial charge on any atom is -0.480 e. The van der Waals surface area contributed by atoms with Gasteiger partial charge in [0.2, 0.25) is 0 Å². The first kappa shape index (κ1) is 24.7. The Bertz CT molecular complexity index is 436. The Hall–Kier alpha value is -1.34. The van der Waals surface area contributed by atoms with Crippen LogP contribution in [0.3, 0.4) is 0 Å². The average molecular weight is 401 g/mol. The summed E-state index contributed by atoms with van der Waals surface area (Å²) in [6.45, 7) is 4.71. The molecule has 0 bridgehead atoms. The molecule has 0 saturated heterocycles. The summed E-state index contributed by atoms with van der Waals surface area (Å²) >= 11 is 0. The van der Waals surface area contributed by atoms with Crippen LogP contribution in [0.15, 0.2) is 0 Å². The number of aliphatic hydroxyl groups excluding tert-OH is 1. The number of amides is 1. The fraction of sp³-hybridized carbons (Fsp3) is 0.905. The number of carboxylic acid groups (broad SMARTS) is 1. The fourth-order valence-electron chi connectivity index (χ4n) is 3.71. The highest BCUT2D eigenvalue weighted by Crippen LogP contribution is 2.22. The van der Waals surface area contributed by atoms with Crippen molar-refractivity contribution in [1.82, 2.24) is 10.6 Å². The van der Waals surface area contributed by atoms with Gasteiger partial charge in [-0.1, -0.05) is 38.5 Å². The Morgan fingerprint density at radius 2 is 1.43 bits per heavy atom. The largest absolute Gasteiger partial charge is 0.480 e. The first-order valence-corrected chi connectivity index (χ1v) is 10.8. The Balaban J connectivity index is 0.000000281. The van der Waals surface area contributed by atoms with Crippen LogP contribution in [-0.2, 0) is 9.53 Å². The molecule has 2 fully saturated rings. The Morgan fingerprint density at radius 3 is 1.79 bits per heavy atom. The van der Waals surface area contributed by atoms with Crippen molar-refractivity contribution >= 4 is 12.1 Å². The van der Waals surface area contributed by atoms with E-state index >= 15 is 0 Å². The van der Waals surface area contributed by atoms with Crippen molar-refractivity contribution in [2.75, 3.05) is 6.61 Å². The van der Waals surface area contributed by atoms with Gasteiger partial charge in [0.05, 0.1) is 0 Å². The number of hydrogen-bond acceptors (Lipinski definition) is 5. The van der Waals surface area contributed by atoms with E-state index in [-0.39, 0.29) is 13.0 Å². The van der Waals surface area contributed by atoms with Gasteiger partial charge in [0.25, 0.3) is 0 Å². The third-order valence-electron chi connectivity index (χ3n) is 5.09. The number of nitrogens with one attached hydrogen (secondary N) is 2. The van der Waals surface area contributed by atoms with Gasteiger partial charge in [0.15, 0.2) is 0 Å². The van der Waals surface area contributed by atoms with Crippen molar-refractivity contribution in [3.63, 3.8) is 0 Å². The summed E-state index contributed by atoms with van der Waals surface area (Å²) in [6, 6.07) is 0.624. The molecule has 0 heterocycles. The SMILES string of the molecule is C1CCC(NC2CCCCC2)CC1.CC(C)(C)OC(=O)NC(CCO)C(=O)O. The lowest BCUT2D eigenvalue weighted by molar-refractivity contribution is -0.139. The second-order valence-corrected chi connectivity index (χ2v) is 8.89. The van der Waals surface area contributed by atoms with Crippen molar-refractivity contribution in [3.05, 3.63) is 0 Å². The predicted molar refractivity (Wildman–Crippen MR) is 109 cm³/mol. The summed E-state index contributed by atoms with van der Waals surface area (Å²) < 4.78 is 4.87. The molecule has 2 aliphatic carbocycles. The van der Waals surface area contributed by atoms with E-state index in [1.165, 1.54) is 64.2 Å². The van der Waals surface area contributed by atoms with Gasteiger partial charge in [0.1, 0.15) is 11.6 Å². The second-order valence-electron chi connectivity index (χ2n) is 8.89. The fourth-order valence-corrected chi connectivity index (χ4v) is 3.71. The second kappa shape index (κ2) is 13.0. The quantitative estimate of drug-likeness (QED) is 0.543. The van der Waals surface area contributed by atoms with Crippen molar-refractivity contribution in [2.24, 2.45) is 0 Å². The zero-order valence-electron chi connectivity index (χ0n) is 17.8. The van der Waals surface area contributed by atoms with E-state index in [1.807, 2.05) is 0 Å². The molecule has 2 aliphatic rings. The molecule has 0 aromatic carbocycles. The molecule has 2 saturated carbocycles. The molecular weight excluding hydrogens is 360 g/mol. The summed E-state index contributed by atoms with van der Waals surface area (Å²) in [5.41, 5.74) is -0.674. The van der Waals surface area contributed by atoms with Crippen molar-refractivity contribution in [2.45, 2.75) is 115 Å². The van der Waals surface area contributed by atoms with E-state index in [4.69, 9.17) is 14.9 Å². The van der Waals surface area contributed by atoms with Crippen LogP contribution >= 0.6 is 0 Å². The van der Waals surface area contributed by atoms with Crippen LogP contribution in [0, 0.1) is 0 Å². The molecule has 2 rings (SSSR count). The number of carboxylic acids is 1. The number of rotatable bonds is 6. The lowest BCUT2D eigenvalue weighted by Gasteiger charge is -2.30. The van der Waals surface area contributed by atoms with Gasteiger partial charge < -0.3 is 25.6 Å². The minimum absolute atomic E-state index is 0.0470. The number of hydrogen-bond donors (Lipinski definition) is 4. The van der Waals surface area contributed by atoms with Gasteiger partial charge in [-0.25, -0.2) is 9.59 Å². The highest BCUT2D eigenvalue weighted by Gasteiger charge is 2.23. The van der Waals surface area contributed by atoms with Gasteiger partial charge in [-0.15, -0.1) is 0 Å². The zero-order chi connectivity index (χ0) is 21.0. The molecule has 164 valence electrons. The van der Waals surface area contributed by atoms with Gasteiger partial charge in [-0.3, -0.25) is 0 Å². The molecule has 0 radical (unpaired) electrons. The predicted octanol–water partition coefficient (Wildman–Crippen LogP) is 3.59. The summed E-state index contributed by atoms with van der Waals surface area (Å²) in [4.78, 5) is 21.8. The molecule has 0 aromatic heterocycles. The first-order valence-electron chi connectivity index (χ1n) is 10.8. The summed E-state index contributed by atoms with van der Waals surface area (Å²) in [5, 5.41) is 23.3. The van der Waals surface area contributed by atoms with Crippen LogP contribution in [0.5, 0.6) is 0 Å². The third-order valence-corrected chi connectivity index (χ3v) is 5.09. The molecule has 28 heavy (non-hydrogen) atoms. The monoisotopic (exact) mass is 400 g/mol. The molecule has 7 heteroatoms. The van der Waals surface area contributed by atoms with Crippen LogP contribution in [0.4, 0.5) is 4.79 Å². The Labute approximate surface area is 169 Å². The molecule has 1 atom stereocenters. The highest BCUT2D eigenvalue weighted by atomic mass is 16.6. The Kier molecular flexibility index (Phi) is 11.5. The van der Waals surface area contributed by atoms with Crippen molar-refractivity contribution < 1.29 is 24.5 Å². The molecule has 0 spiro atoms. The highest BCUT2D eigenvalue weighted by molar-refractivity contribution is 5.79.